The van der Waals surface area contributed by atoms with E-state index in [1.165, 1.54) is 16.3 Å². The van der Waals surface area contributed by atoms with Crippen molar-refractivity contribution in [3.63, 3.8) is 0 Å². The molecule has 0 saturated heterocycles. The molecule has 3 nitrogen and oxygen atoms in total. The molecule has 0 spiro atoms. The summed E-state index contributed by atoms with van der Waals surface area (Å²) in [5.74, 6) is -0.0808. The Hall–Kier alpha value is -1.58. The lowest BCUT2D eigenvalue weighted by Crippen LogP contribution is -2.48. The average molecular weight is 321 g/mol. The van der Waals surface area contributed by atoms with E-state index in [1.54, 1.807) is 0 Å². The average Bonchev–Trinajstić information content (AvgIpc) is 2.45. The smallest absolute Gasteiger partial charge is 0.237 e. The van der Waals surface area contributed by atoms with E-state index in [0.29, 0.717) is 6.54 Å². The van der Waals surface area contributed by atoms with Crippen molar-refractivity contribution in [2.75, 3.05) is 6.54 Å². The molecule has 0 aliphatic carbocycles. The van der Waals surface area contributed by atoms with E-state index in [0.717, 1.165) is 6.42 Å². The Morgan fingerprint density at radius 3 is 2.45 bits per heavy atom. The molecule has 0 aliphatic heterocycles. The van der Waals surface area contributed by atoms with Gasteiger partial charge in [0.25, 0.3) is 0 Å². The van der Waals surface area contributed by atoms with Gasteiger partial charge in [0, 0.05) is 6.54 Å². The molecule has 1 amide bonds. The first-order chi connectivity index (χ1) is 9.89. The van der Waals surface area contributed by atoms with Crippen LogP contribution in [-0.4, -0.2) is 18.5 Å². The summed E-state index contributed by atoms with van der Waals surface area (Å²) in [7, 11) is 0. The summed E-state index contributed by atoms with van der Waals surface area (Å²) in [6, 6.07) is 14.1. The largest absolute Gasteiger partial charge is 0.354 e. The fraction of sp³-hybridized carbons (Fsp3) is 0.389. The van der Waals surface area contributed by atoms with E-state index in [9.17, 15) is 4.79 Å². The van der Waals surface area contributed by atoms with Crippen molar-refractivity contribution in [2.24, 2.45) is 11.1 Å². The fourth-order valence-corrected chi connectivity index (χ4v) is 2.33. The monoisotopic (exact) mass is 320 g/mol. The molecule has 0 aliphatic rings. The van der Waals surface area contributed by atoms with Gasteiger partial charge in [-0.15, -0.1) is 12.4 Å². The van der Waals surface area contributed by atoms with Gasteiger partial charge < -0.3 is 11.1 Å². The molecule has 120 valence electrons. The number of halogens is 1. The molecule has 0 heterocycles. The van der Waals surface area contributed by atoms with Gasteiger partial charge in [-0.05, 0) is 28.2 Å². The SMILES string of the molecule is CC(C)(C)[C@H](N)C(=O)NCCc1cccc2ccccc12.Cl. The molecular formula is C18H25ClN2O. The number of nitrogens with one attached hydrogen (secondary N) is 1. The van der Waals surface area contributed by atoms with Crippen LogP contribution in [0.3, 0.4) is 0 Å². The molecule has 0 saturated carbocycles. The predicted octanol–water partition coefficient (Wildman–Crippen LogP) is 3.29. The summed E-state index contributed by atoms with van der Waals surface area (Å²) in [4.78, 5) is 12.0. The van der Waals surface area contributed by atoms with Crippen LogP contribution in [0.25, 0.3) is 10.8 Å². The Bertz CT molecular complexity index is 629. The number of hydrogen-bond acceptors (Lipinski definition) is 2. The molecule has 0 fully saturated rings. The molecule has 22 heavy (non-hydrogen) atoms. The Labute approximate surface area is 138 Å². The molecule has 1 atom stereocenters. The highest BCUT2D eigenvalue weighted by molar-refractivity contribution is 5.86. The normalized spacial score (nSPS) is 12.5. The van der Waals surface area contributed by atoms with Crippen LogP contribution >= 0.6 is 12.4 Å². The lowest BCUT2D eigenvalue weighted by atomic mass is 9.87. The maximum absolute atomic E-state index is 12.0. The van der Waals surface area contributed by atoms with Crippen LogP contribution in [0.5, 0.6) is 0 Å². The van der Waals surface area contributed by atoms with Gasteiger partial charge in [0.15, 0.2) is 0 Å². The Kier molecular flexibility index (Phi) is 6.39. The molecular weight excluding hydrogens is 296 g/mol. The van der Waals surface area contributed by atoms with Crippen LogP contribution < -0.4 is 11.1 Å². The number of carbonyl (C=O) groups is 1. The molecule has 2 aromatic carbocycles. The van der Waals surface area contributed by atoms with Gasteiger partial charge in [-0.1, -0.05) is 63.2 Å². The van der Waals surface area contributed by atoms with Crippen molar-refractivity contribution >= 4 is 29.1 Å². The minimum Gasteiger partial charge on any atom is -0.354 e. The predicted molar refractivity (Wildman–Crippen MR) is 95.3 cm³/mol. The van der Waals surface area contributed by atoms with E-state index < -0.39 is 6.04 Å². The maximum Gasteiger partial charge on any atom is 0.237 e. The molecule has 0 radical (unpaired) electrons. The molecule has 2 rings (SSSR count). The van der Waals surface area contributed by atoms with E-state index >= 15 is 0 Å². The second kappa shape index (κ2) is 7.61. The van der Waals surface area contributed by atoms with E-state index in [2.05, 4.69) is 35.6 Å². The number of benzene rings is 2. The topological polar surface area (TPSA) is 55.1 Å². The number of carbonyl (C=O) groups excluding carboxylic acids is 1. The van der Waals surface area contributed by atoms with Gasteiger partial charge in [0.05, 0.1) is 6.04 Å². The Morgan fingerprint density at radius 1 is 1.14 bits per heavy atom. The summed E-state index contributed by atoms with van der Waals surface area (Å²) in [5, 5.41) is 5.41. The zero-order valence-electron chi connectivity index (χ0n) is 13.4. The summed E-state index contributed by atoms with van der Waals surface area (Å²) < 4.78 is 0. The van der Waals surface area contributed by atoms with Crippen molar-refractivity contribution < 1.29 is 4.79 Å². The second-order valence-electron chi connectivity index (χ2n) is 6.52. The lowest BCUT2D eigenvalue weighted by Gasteiger charge is -2.25. The van der Waals surface area contributed by atoms with Crippen molar-refractivity contribution in [2.45, 2.75) is 33.2 Å². The van der Waals surface area contributed by atoms with Crippen molar-refractivity contribution in [1.29, 1.82) is 0 Å². The van der Waals surface area contributed by atoms with Crippen LogP contribution in [0.1, 0.15) is 26.3 Å². The summed E-state index contributed by atoms with van der Waals surface area (Å²) in [5.41, 5.74) is 6.98. The number of fused-ring (bicyclic) bond motifs is 1. The number of hydrogen-bond donors (Lipinski definition) is 2. The summed E-state index contributed by atoms with van der Waals surface area (Å²) in [6.45, 7) is 6.53. The lowest BCUT2D eigenvalue weighted by molar-refractivity contribution is -0.124. The van der Waals surface area contributed by atoms with Crippen LogP contribution in [0.2, 0.25) is 0 Å². The van der Waals surface area contributed by atoms with Gasteiger partial charge in [-0.2, -0.15) is 0 Å². The first-order valence-electron chi connectivity index (χ1n) is 7.39. The van der Waals surface area contributed by atoms with Gasteiger partial charge >= 0.3 is 0 Å². The number of rotatable bonds is 4. The highest BCUT2D eigenvalue weighted by Gasteiger charge is 2.26. The maximum atomic E-state index is 12.0. The zero-order chi connectivity index (χ0) is 15.5. The molecule has 4 heteroatoms. The van der Waals surface area contributed by atoms with Crippen LogP contribution in [0.15, 0.2) is 42.5 Å². The van der Waals surface area contributed by atoms with Gasteiger partial charge in [-0.3, -0.25) is 4.79 Å². The highest BCUT2D eigenvalue weighted by Crippen LogP contribution is 2.19. The fourth-order valence-electron chi connectivity index (χ4n) is 2.33. The third kappa shape index (κ3) is 4.46. The zero-order valence-corrected chi connectivity index (χ0v) is 14.2. The minimum absolute atomic E-state index is 0. The van der Waals surface area contributed by atoms with Gasteiger partial charge in [0.2, 0.25) is 5.91 Å². The minimum atomic E-state index is -0.481. The van der Waals surface area contributed by atoms with E-state index in [1.807, 2.05) is 32.9 Å². The van der Waals surface area contributed by atoms with Crippen LogP contribution in [0.4, 0.5) is 0 Å². The van der Waals surface area contributed by atoms with Crippen LogP contribution in [0, 0.1) is 5.41 Å². The second-order valence-corrected chi connectivity index (χ2v) is 6.52. The standard InChI is InChI=1S/C18H24N2O.ClH/c1-18(2,3)16(19)17(21)20-12-11-14-9-6-8-13-7-4-5-10-15(13)14;/h4-10,16H,11-12,19H2,1-3H3,(H,20,21);1H/t16-;/m1./s1. The van der Waals surface area contributed by atoms with Gasteiger partial charge in [0.1, 0.15) is 0 Å². The highest BCUT2D eigenvalue weighted by atomic mass is 35.5. The Morgan fingerprint density at radius 2 is 1.77 bits per heavy atom. The first kappa shape index (κ1) is 18.5. The van der Waals surface area contributed by atoms with E-state index in [-0.39, 0.29) is 23.7 Å². The summed E-state index contributed by atoms with van der Waals surface area (Å²) >= 11 is 0. The number of nitrogens with two attached hydrogens (primary N) is 1. The quantitative estimate of drug-likeness (QED) is 0.908. The summed E-state index contributed by atoms with van der Waals surface area (Å²) in [6.07, 6.45) is 0.809. The molecule has 0 aromatic heterocycles. The first-order valence-corrected chi connectivity index (χ1v) is 7.39. The molecule has 0 unspecified atom stereocenters. The molecule has 2 aromatic rings. The van der Waals surface area contributed by atoms with Crippen molar-refractivity contribution in [3.8, 4) is 0 Å². The van der Waals surface area contributed by atoms with Gasteiger partial charge in [-0.25, -0.2) is 0 Å². The van der Waals surface area contributed by atoms with Crippen molar-refractivity contribution in [1.82, 2.24) is 5.32 Å². The third-order valence-corrected chi connectivity index (χ3v) is 3.79. The number of amides is 1. The molecule has 3 N–H and O–H groups in total. The van der Waals surface area contributed by atoms with Crippen molar-refractivity contribution in [3.05, 3.63) is 48.0 Å². The van der Waals surface area contributed by atoms with E-state index in [4.69, 9.17) is 5.73 Å². The van der Waals surface area contributed by atoms with Crippen LogP contribution in [-0.2, 0) is 11.2 Å². The third-order valence-electron chi connectivity index (χ3n) is 3.79. The Balaban J connectivity index is 0.00000242. The molecule has 0 bridgehead atoms.